The highest BCUT2D eigenvalue weighted by Gasteiger charge is 2.21. The van der Waals surface area contributed by atoms with Crippen LogP contribution in [0.15, 0.2) is 24.4 Å². The zero-order valence-electron chi connectivity index (χ0n) is 13.3. The topological polar surface area (TPSA) is 56.1 Å². The smallest absolute Gasteiger partial charge is 0.147 e. The minimum Gasteiger partial charge on any atom is -0.374 e. The second-order valence-corrected chi connectivity index (χ2v) is 5.75. The molecule has 0 bridgehead atoms. The molecule has 0 spiro atoms. The van der Waals surface area contributed by atoms with E-state index in [4.69, 9.17) is 4.74 Å². The Balaban J connectivity index is 1.52. The molecule has 1 aliphatic rings. The Hall–Kier alpha value is -1.79. The van der Waals surface area contributed by atoms with E-state index in [-0.39, 0.29) is 6.10 Å². The number of hydrogen-bond donors (Lipinski definition) is 0. The Bertz CT molecular complexity index is 598. The number of aryl methyl sites for hydroxylation is 2. The molecule has 118 valence electrons. The van der Waals surface area contributed by atoms with Gasteiger partial charge in [-0.05, 0) is 26.0 Å². The summed E-state index contributed by atoms with van der Waals surface area (Å²) in [4.78, 5) is 11.2. The summed E-state index contributed by atoms with van der Waals surface area (Å²) in [6, 6.07) is 6.08. The lowest BCUT2D eigenvalue weighted by Crippen LogP contribution is -2.45. The van der Waals surface area contributed by atoms with Gasteiger partial charge in [-0.25, -0.2) is 9.67 Å². The van der Waals surface area contributed by atoms with E-state index in [9.17, 15) is 0 Å². The Morgan fingerprint density at radius 3 is 2.95 bits per heavy atom. The summed E-state index contributed by atoms with van der Waals surface area (Å²) in [5, 5.41) is 4.42. The highest BCUT2D eigenvalue weighted by Crippen LogP contribution is 2.09. The molecule has 0 aliphatic carbocycles. The van der Waals surface area contributed by atoms with Crippen LogP contribution in [0.1, 0.15) is 17.3 Å². The van der Waals surface area contributed by atoms with Crippen LogP contribution in [-0.4, -0.2) is 57.0 Å². The summed E-state index contributed by atoms with van der Waals surface area (Å²) in [6.07, 6.45) is 3.01. The van der Waals surface area contributed by atoms with E-state index in [1.165, 1.54) is 0 Å². The van der Waals surface area contributed by atoms with Gasteiger partial charge < -0.3 is 4.74 Å². The SMILES string of the molecule is Cc1nc(C)n(CC2CN(CCc3ccccn3)CCO2)n1. The van der Waals surface area contributed by atoms with E-state index in [0.29, 0.717) is 0 Å². The molecule has 22 heavy (non-hydrogen) atoms. The van der Waals surface area contributed by atoms with Crippen LogP contribution in [0.25, 0.3) is 0 Å². The van der Waals surface area contributed by atoms with Gasteiger partial charge >= 0.3 is 0 Å². The van der Waals surface area contributed by atoms with Crippen molar-refractivity contribution >= 4 is 0 Å². The number of rotatable bonds is 5. The van der Waals surface area contributed by atoms with Gasteiger partial charge in [-0.2, -0.15) is 5.10 Å². The number of hydrogen-bond acceptors (Lipinski definition) is 5. The predicted octanol–water partition coefficient (Wildman–Crippen LogP) is 1.23. The summed E-state index contributed by atoms with van der Waals surface area (Å²) >= 11 is 0. The molecule has 0 aromatic carbocycles. The van der Waals surface area contributed by atoms with Crippen LogP contribution in [0, 0.1) is 13.8 Å². The molecule has 1 atom stereocenters. The molecule has 0 radical (unpaired) electrons. The molecular weight excluding hydrogens is 278 g/mol. The van der Waals surface area contributed by atoms with E-state index in [0.717, 1.165) is 56.5 Å². The van der Waals surface area contributed by atoms with Gasteiger partial charge in [0.1, 0.15) is 11.6 Å². The number of aromatic nitrogens is 4. The molecule has 6 heteroatoms. The van der Waals surface area contributed by atoms with Gasteiger partial charge in [0.15, 0.2) is 0 Å². The molecule has 3 heterocycles. The molecule has 6 nitrogen and oxygen atoms in total. The van der Waals surface area contributed by atoms with Crippen LogP contribution < -0.4 is 0 Å². The normalized spacial score (nSPS) is 19.5. The third-order valence-electron chi connectivity index (χ3n) is 3.97. The lowest BCUT2D eigenvalue weighted by molar-refractivity contribution is -0.0374. The summed E-state index contributed by atoms with van der Waals surface area (Å²) in [5.74, 6) is 1.77. The molecule has 1 unspecified atom stereocenters. The van der Waals surface area contributed by atoms with Crippen molar-refractivity contribution in [3.05, 3.63) is 41.7 Å². The largest absolute Gasteiger partial charge is 0.374 e. The maximum atomic E-state index is 5.88. The van der Waals surface area contributed by atoms with Crippen molar-refractivity contribution in [3.63, 3.8) is 0 Å². The molecule has 3 rings (SSSR count). The molecule has 0 amide bonds. The van der Waals surface area contributed by atoms with Crippen molar-refractivity contribution in [1.29, 1.82) is 0 Å². The van der Waals surface area contributed by atoms with E-state index in [2.05, 4.69) is 26.0 Å². The van der Waals surface area contributed by atoms with Crippen LogP contribution in [0.4, 0.5) is 0 Å². The van der Waals surface area contributed by atoms with E-state index >= 15 is 0 Å². The van der Waals surface area contributed by atoms with E-state index in [1.807, 2.05) is 36.9 Å². The number of pyridine rings is 1. The highest BCUT2D eigenvalue weighted by molar-refractivity contribution is 5.03. The zero-order chi connectivity index (χ0) is 15.4. The van der Waals surface area contributed by atoms with E-state index < -0.39 is 0 Å². The minimum absolute atomic E-state index is 0.178. The maximum Gasteiger partial charge on any atom is 0.147 e. The quantitative estimate of drug-likeness (QED) is 0.831. The summed E-state index contributed by atoms with van der Waals surface area (Å²) in [7, 11) is 0. The van der Waals surface area contributed by atoms with Gasteiger partial charge in [0, 0.05) is 37.9 Å². The number of nitrogens with zero attached hydrogens (tertiary/aromatic N) is 5. The van der Waals surface area contributed by atoms with Gasteiger partial charge in [0.05, 0.1) is 19.3 Å². The van der Waals surface area contributed by atoms with Gasteiger partial charge in [0.25, 0.3) is 0 Å². The molecule has 0 saturated carbocycles. The molecule has 1 saturated heterocycles. The Kier molecular flexibility index (Phi) is 4.80. The van der Waals surface area contributed by atoms with Crippen molar-refractivity contribution in [2.75, 3.05) is 26.2 Å². The van der Waals surface area contributed by atoms with E-state index in [1.54, 1.807) is 0 Å². The van der Waals surface area contributed by atoms with Crippen LogP contribution in [-0.2, 0) is 17.7 Å². The fourth-order valence-electron chi connectivity index (χ4n) is 2.84. The number of ether oxygens (including phenoxy) is 1. The first-order valence-corrected chi connectivity index (χ1v) is 7.82. The summed E-state index contributed by atoms with van der Waals surface area (Å²) in [6.45, 7) is 8.40. The standard InChI is InChI=1S/C16H23N5O/c1-13-18-14(2)21(19-13)12-16-11-20(9-10-22-16)8-6-15-5-3-4-7-17-15/h3-5,7,16H,6,8-12H2,1-2H3. The zero-order valence-corrected chi connectivity index (χ0v) is 13.3. The minimum atomic E-state index is 0.178. The van der Waals surface area contributed by atoms with Crippen LogP contribution in [0.3, 0.4) is 0 Å². The Morgan fingerprint density at radius 1 is 1.32 bits per heavy atom. The average Bonchev–Trinajstić information content (AvgIpc) is 2.84. The van der Waals surface area contributed by atoms with Crippen molar-refractivity contribution in [2.24, 2.45) is 0 Å². The van der Waals surface area contributed by atoms with Crippen LogP contribution in [0.2, 0.25) is 0 Å². The van der Waals surface area contributed by atoms with Gasteiger partial charge in [-0.15, -0.1) is 0 Å². The second-order valence-electron chi connectivity index (χ2n) is 5.75. The van der Waals surface area contributed by atoms with Gasteiger partial charge in [-0.3, -0.25) is 9.88 Å². The third-order valence-corrected chi connectivity index (χ3v) is 3.97. The van der Waals surface area contributed by atoms with Crippen LogP contribution >= 0.6 is 0 Å². The third kappa shape index (κ3) is 3.90. The molecule has 1 fully saturated rings. The fraction of sp³-hybridized carbons (Fsp3) is 0.562. The second kappa shape index (κ2) is 6.98. The van der Waals surface area contributed by atoms with Crippen LogP contribution in [0.5, 0.6) is 0 Å². The first kappa shape index (κ1) is 15.1. The highest BCUT2D eigenvalue weighted by atomic mass is 16.5. The Labute approximate surface area is 131 Å². The van der Waals surface area contributed by atoms with Crippen molar-refractivity contribution in [2.45, 2.75) is 32.9 Å². The molecule has 1 aliphatic heterocycles. The lowest BCUT2D eigenvalue weighted by Gasteiger charge is -2.32. The maximum absolute atomic E-state index is 5.88. The molecule has 2 aromatic rings. The van der Waals surface area contributed by atoms with Gasteiger partial charge in [-0.1, -0.05) is 6.07 Å². The number of morpholine rings is 1. The van der Waals surface area contributed by atoms with Gasteiger partial charge in [0.2, 0.25) is 0 Å². The first-order chi connectivity index (χ1) is 10.7. The summed E-state index contributed by atoms with van der Waals surface area (Å²) in [5.41, 5.74) is 1.15. The lowest BCUT2D eigenvalue weighted by atomic mass is 10.2. The first-order valence-electron chi connectivity index (χ1n) is 7.82. The molecule has 0 N–H and O–H groups in total. The monoisotopic (exact) mass is 301 g/mol. The van der Waals surface area contributed by atoms with Crippen molar-refractivity contribution in [3.8, 4) is 0 Å². The van der Waals surface area contributed by atoms with Crippen molar-refractivity contribution < 1.29 is 4.74 Å². The Morgan fingerprint density at radius 2 is 2.23 bits per heavy atom. The van der Waals surface area contributed by atoms with Crippen molar-refractivity contribution in [1.82, 2.24) is 24.6 Å². The molecular formula is C16H23N5O. The summed E-state index contributed by atoms with van der Waals surface area (Å²) < 4.78 is 7.83. The predicted molar refractivity (Wildman–Crippen MR) is 83.6 cm³/mol. The average molecular weight is 301 g/mol. The fourth-order valence-corrected chi connectivity index (χ4v) is 2.84. The molecule has 2 aromatic heterocycles.